The number of rotatable bonds is 5. The Kier molecular flexibility index (Phi) is 3.54. The van der Waals surface area contributed by atoms with Crippen LogP contribution in [-0.4, -0.2) is 29.8 Å². The van der Waals surface area contributed by atoms with E-state index in [9.17, 15) is 0 Å². The molecule has 0 bridgehead atoms. The molecule has 1 aromatic heterocycles. The van der Waals surface area contributed by atoms with Gasteiger partial charge in [0.2, 0.25) is 0 Å². The van der Waals surface area contributed by atoms with E-state index in [2.05, 4.69) is 33.8 Å². The van der Waals surface area contributed by atoms with E-state index >= 15 is 0 Å². The van der Waals surface area contributed by atoms with Crippen molar-refractivity contribution in [1.82, 2.24) is 20.8 Å². The van der Waals surface area contributed by atoms with Crippen LogP contribution in [0.3, 0.4) is 0 Å². The molecule has 4 heteroatoms. The van der Waals surface area contributed by atoms with Crippen molar-refractivity contribution in [3.63, 3.8) is 0 Å². The lowest BCUT2D eigenvalue weighted by Gasteiger charge is -2.12. The van der Waals surface area contributed by atoms with E-state index in [0.717, 1.165) is 24.3 Å². The number of nitrogens with one attached hydrogen (secondary N) is 3. The molecule has 0 amide bonds. The maximum atomic E-state index is 4.26. The number of hydrogen-bond donors (Lipinski definition) is 3. The lowest BCUT2D eigenvalue weighted by atomic mass is 10.2. The third-order valence-corrected chi connectivity index (χ3v) is 2.68. The Balaban J connectivity index is 2.04. The Hall–Kier alpha value is -1.39. The Morgan fingerprint density at radius 3 is 3.00 bits per heavy atom. The number of benzene rings is 1. The summed E-state index contributed by atoms with van der Waals surface area (Å²) < 4.78 is 0. The van der Waals surface area contributed by atoms with Crippen LogP contribution >= 0.6 is 0 Å². The smallest absolute Gasteiger partial charge is 0.0924 e. The highest BCUT2D eigenvalue weighted by atomic mass is 15.1. The number of aromatic amines is 1. The van der Waals surface area contributed by atoms with Gasteiger partial charge in [0.25, 0.3) is 0 Å². The maximum Gasteiger partial charge on any atom is 0.0924 e. The fraction of sp³-hybridized carbons (Fsp3) is 0.417. The molecular formula is C12H18N4. The quantitative estimate of drug-likeness (QED) is 0.708. The molecule has 2 aromatic rings. The molecule has 0 aliphatic heterocycles. The zero-order chi connectivity index (χ0) is 11.4. The molecule has 0 spiro atoms. The predicted molar refractivity (Wildman–Crippen MR) is 66.3 cm³/mol. The average Bonchev–Trinajstić information content (AvgIpc) is 2.70. The number of aromatic nitrogens is 2. The molecule has 4 nitrogen and oxygen atoms in total. The van der Waals surface area contributed by atoms with E-state index in [0.29, 0.717) is 6.04 Å². The summed E-state index contributed by atoms with van der Waals surface area (Å²) in [4.78, 5) is 0. The first-order valence-corrected chi connectivity index (χ1v) is 5.61. The van der Waals surface area contributed by atoms with Crippen LogP contribution in [0.2, 0.25) is 0 Å². The fourth-order valence-electron chi connectivity index (χ4n) is 1.80. The first-order valence-electron chi connectivity index (χ1n) is 5.61. The lowest BCUT2D eigenvalue weighted by Crippen LogP contribution is -2.34. The minimum atomic E-state index is 0.451. The van der Waals surface area contributed by atoms with E-state index in [1.807, 2.05) is 25.2 Å². The van der Waals surface area contributed by atoms with E-state index in [1.165, 1.54) is 5.39 Å². The molecule has 2 rings (SSSR count). The molecule has 0 fully saturated rings. The molecule has 0 radical (unpaired) electrons. The normalized spacial score (nSPS) is 13.1. The molecule has 3 N–H and O–H groups in total. The number of likely N-dealkylation sites (N-methyl/N-ethyl adjacent to an activating group) is 1. The van der Waals surface area contributed by atoms with Crippen molar-refractivity contribution in [2.45, 2.75) is 19.5 Å². The van der Waals surface area contributed by atoms with Gasteiger partial charge in [-0.05, 0) is 20.0 Å². The number of para-hydroxylation sites is 1. The highest BCUT2D eigenvalue weighted by Gasteiger charge is 2.05. The monoisotopic (exact) mass is 218 g/mol. The van der Waals surface area contributed by atoms with Crippen molar-refractivity contribution >= 4 is 10.9 Å². The van der Waals surface area contributed by atoms with Gasteiger partial charge in [-0.25, -0.2) is 0 Å². The van der Waals surface area contributed by atoms with Crippen molar-refractivity contribution in [3.05, 3.63) is 30.0 Å². The van der Waals surface area contributed by atoms with Gasteiger partial charge in [0.05, 0.1) is 11.2 Å². The van der Waals surface area contributed by atoms with E-state index in [4.69, 9.17) is 0 Å². The summed E-state index contributed by atoms with van der Waals surface area (Å²) in [5.41, 5.74) is 2.18. The Bertz CT molecular complexity index is 449. The molecule has 0 saturated carbocycles. The first-order chi connectivity index (χ1) is 7.81. The van der Waals surface area contributed by atoms with Crippen LogP contribution in [0.1, 0.15) is 12.6 Å². The van der Waals surface area contributed by atoms with Crippen LogP contribution in [-0.2, 0) is 6.54 Å². The molecule has 0 aliphatic rings. The van der Waals surface area contributed by atoms with Crippen LogP contribution in [0.15, 0.2) is 24.3 Å². The second-order valence-electron chi connectivity index (χ2n) is 4.06. The van der Waals surface area contributed by atoms with E-state index < -0.39 is 0 Å². The summed E-state index contributed by atoms with van der Waals surface area (Å²) >= 11 is 0. The summed E-state index contributed by atoms with van der Waals surface area (Å²) in [5.74, 6) is 0. The van der Waals surface area contributed by atoms with Gasteiger partial charge in [-0.1, -0.05) is 18.2 Å². The predicted octanol–water partition coefficient (Wildman–Crippen LogP) is 1.26. The van der Waals surface area contributed by atoms with E-state index in [1.54, 1.807) is 0 Å². The van der Waals surface area contributed by atoms with Crippen molar-refractivity contribution in [2.75, 3.05) is 13.6 Å². The van der Waals surface area contributed by atoms with Gasteiger partial charge in [0.15, 0.2) is 0 Å². The zero-order valence-corrected chi connectivity index (χ0v) is 9.75. The number of fused-ring (bicyclic) bond motifs is 1. The third kappa shape index (κ3) is 2.40. The van der Waals surface area contributed by atoms with Gasteiger partial charge in [-0.2, -0.15) is 5.10 Å². The van der Waals surface area contributed by atoms with Gasteiger partial charge in [-0.15, -0.1) is 0 Å². The maximum absolute atomic E-state index is 4.26. The number of hydrogen-bond acceptors (Lipinski definition) is 3. The zero-order valence-electron chi connectivity index (χ0n) is 9.75. The van der Waals surface area contributed by atoms with Gasteiger partial charge in [0, 0.05) is 24.5 Å². The van der Waals surface area contributed by atoms with Crippen LogP contribution in [0.4, 0.5) is 0 Å². The standard InChI is InChI=1S/C12H18N4/c1-9(7-13-2)14-8-12-10-5-3-4-6-11(10)15-16-12/h3-6,9,13-14H,7-8H2,1-2H3,(H,15,16). The Morgan fingerprint density at radius 1 is 1.38 bits per heavy atom. The molecule has 0 aliphatic carbocycles. The van der Waals surface area contributed by atoms with Gasteiger partial charge >= 0.3 is 0 Å². The third-order valence-electron chi connectivity index (χ3n) is 2.68. The van der Waals surface area contributed by atoms with Gasteiger partial charge in [-0.3, -0.25) is 5.10 Å². The van der Waals surface area contributed by atoms with Crippen LogP contribution in [0.5, 0.6) is 0 Å². The summed E-state index contributed by atoms with van der Waals surface area (Å²) in [6.07, 6.45) is 0. The molecule has 1 atom stereocenters. The summed E-state index contributed by atoms with van der Waals surface area (Å²) in [7, 11) is 1.96. The molecule has 86 valence electrons. The van der Waals surface area contributed by atoms with Crippen LogP contribution in [0, 0.1) is 0 Å². The van der Waals surface area contributed by atoms with Crippen molar-refractivity contribution in [2.24, 2.45) is 0 Å². The van der Waals surface area contributed by atoms with Gasteiger partial charge < -0.3 is 10.6 Å². The highest BCUT2D eigenvalue weighted by molar-refractivity contribution is 5.81. The fourth-order valence-corrected chi connectivity index (χ4v) is 1.80. The SMILES string of the molecule is CNCC(C)NCc1[nH]nc2ccccc12. The minimum absolute atomic E-state index is 0.451. The topological polar surface area (TPSA) is 52.7 Å². The summed E-state index contributed by atoms with van der Waals surface area (Å²) in [6.45, 7) is 3.95. The Morgan fingerprint density at radius 2 is 2.19 bits per heavy atom. The summed E-state index contributed by atoms with van der Waals surface area (Å²) in [5, 5.41) is 15.1. The first kappa shape index (κ1) is 11.1. The van der Waals surface area contributed by atoms with Gasteiger partial charge in [0.1, 0.15) is 0 Å². The van der Waals surface area contributed by atoms with Crippen LogP contribution in [0.25, 0.3) is 10.9 Å². The molecule has 1 aromatic carbocycles. The molecular weight excluding hydrogens is 200 g/mol. The molecule has 1 unspecified atom stereocenters. The lowest BCUT2D eigenvalue weighted by molar-refractivity contribution is 0.519. The van der Waals surface area contributed by atoms with Crippen LogP contribution < -0.4 is 10.6 Å². The molecule has 16 heavy (non-hydrogen) atoms. The average molecular weight is 218 g/mol. The molecule has 0 saturated heterocycles. The highest BCUT2D eigenvalue weighted by Crippen LogP contribution is 2.14. The minimum Gasteiger partial charge on any atom is -0.318 e. The Labute approximate surface area is 95.4 Å². The van der Waals surface area contributed by atoms with Crippen molar-refractivity contribution in [1.29, 1.82) is 0 Å². The number of H-pyrrole nitrogens is 1. The van der Waals surface area contributed by atoms with E-state index in [-0.39, 0.29) is 0 Å². The second-order valence-corrected chi connectivity index (χ2v) is 4.06. The summed E-state index contributed by atoms with van der Waals surface area (Å²) in [6, 6.07) is 8.61. The van der Waals surface area contributed by atoms with Crippen molar-refractivity contribution in [3.8, 4) is 0 Å². The second kappa shape index (κ2) is 5.09. The molecule has 1 heterocycles. The largest absolute Gasteiger partial charge is 0.318 e. The number of nitrogens with zero attached hydrogens (tertiary/aromatic N) is 1. The van der Waals surface area contributed by atoms with Crippen molar-refractivity contribution < 1.29 is 0 Å².